The first-order valence-corrected chi connectivity index (χ1v) is 8.06. The van der Waals surface area contributed by atoms with Crippen LogP contribution in [-0.2, 0) is 22.7 Å². The van der Waals surface area contributed by atoms with Crippen LogP contribution in [0, 0.1) is 0 Å². The van der Waals surface area contributed by atoms with Crippen molar-refractivity contribution in [3.63, 3.8) is 0 Å². The van der Waals surface area contributed by atoms with E-state index in [0.717, 1.165) is 17.6 Å². The smallest absolute Gasteiger partial charge is 0.152 e. The highest BCUT2D eigenvalue weighted by atomic mass is 32.2. The van der Waals surface area contributed by atoms with Gasteiger partial charge in [0.1, 0.15) is 0 Å². The summed E-state index contributed by atoms with van der Waals surface area (Å²) in [7, 11) is -3.17. The average Bonchev–Trinajstić information content (AvgIpc) is 2.63. The van der Waals surface area contributed by atoms with E-state index in [4.69, 9.17) is 0 Å². The molecule has 92 valence electrons. The third kappa shape index (κ3) is 3.57. The van der Waals surface area contributed by atoms with Crippen molar-refractivity contribution in [2.75, 3.05) is 6.26 Å². The van der Waals surface area contributed by atoms with E-state index in [9.17, 15) is 13.5 Å². The Morgan fingerprint density at radius 2 is 1.94 bits per heavy atom. The number of hydrogen-bond acceptors (Lipinski definition) is 4. The molecule has 0 aromatic carbocycles. The van der Waals surface area contributed by atoms with Crippen molar-refractivity contribution in [3.8, 4) is 0 Å². The third-order valence-electron chi connectivity index (χ3n) is 2.69. The van der Waals surface area contributed by atoms with Crippen molar-refractivity contribution in [2.45, 2.75) is 38.0 Å². The van der Waals surface area contributed by atoms with Crippen molar-refractivity contribution in [3.05, 3.63) is 21.9 Å². The molecule has 0 saturated heterocycles. The predicted octanol–water partition coefficient (Wildman–Crippen LogP) is 1.65. The Balaban J connectivity index is 2.67. The fourth-order valence-corrected chi connectivity index (χ4v) is 3.05. The Morgan fingerprint density at radius 1 is 1.38 bits per heavy atom. The molecule has 1 aromatic rings. The van der Waals surface area contributed by atoms with Crippen molar-refractivity contribution in [2.24, 2.45) is 0 Å². The van der Waals surface area contributed by atoms with E-state index in [0.29, 0.717) is 6.42 Å². The minimum Gasteiger partial charge on any atom is -0.391 e. The maximum atomic E-state index is 11.3. The molecule has 0 aliphatic rings. The summed E-state index contributed by atoms with van der Waals surface area (Å²) in [5.74, 6) is 0. The summed E-state index contributed by atoms with van der Waals surface area (Å²) in [6.45, 7) is 3.62. The molecule has 0 aliphatic heterocycles. The van der Waals surface area contributed by atoms with Crippen molar-refractivity contribution in [1.29, 1.82) is 0 Å². The molecule has 2 unspecified atom stereocenters. The molecule has 3 nitrogen and oxygen atoms in total. The van der Waals surface area contributed by atoms with E-state index in [1.807, 2.05) is 12.1 Å². The topological polar surface area (TPSA) is 54.4 Å². The first-order valence-electron chi connectivity index (χ1n) is 5.29. The van der Waals surface area contributed by atoms with Gasteiger partial charge in [-0.05, 0) is 25.5 Å². The first kappa shape index (κ1) is 13.7. The van der Waals surface area contributed by atoms with E-state index < -0.39 is 21.2 Å². The third-order valence-corrected chi connectivity index (χ3v) is 5.61. The van der Waals surface area contributed by atoms with Gasteiger partial charge in [-0.1, -0.05) is 6.92 Å². The van der Waals surface area contributed by atoms with Crippen LogP contribution in [0.3, 0.4) is 0 Å². The fourth-order valence-electron chi connectivity index (χ4n) is 1.38. The molecule has 0 spiro atoms. The van der Waals surface area contributed by atoms with Gasteiger partial charge >= 0.3 is 0 Å². The Labute approximate surface area is 101 Å². The molecule has 1 aromatic heterocycles. The van der Waals surface area contributed by atoms with Gasteiger partial charge in [0, 0.05) is 22.4 Å². The number of thiophene rings is 1. The molecular formula is C11H18O3S2. The SMILES string of the molecule is CCc1ccc(CC(O)C(C)S(C)(=O)=O)s1. The molecule has 0 radical (unpaired) electrons. The number of hydrogen-bond donors (Lipinski definition) is 1. The van der Waals surface area contributed by atoms with E-state index in [-0.39, 0.29) is 0 Å². The molecule has 2 atom stereocenters. The maximum Gasteiger partial charge on any atom is 0.152 e. The van der Waals surface area contributed by atoms with Gasteiger partial charge in [-0.15, -0.1) is 11.3 Å². The van der Waals surface area contributed by atoms with Crippen molar-refractivity contribution >= 4 is 21.2 Å². The second-order valence-corrected chi connectivity index (χ2v) is 7.68. The van der Waals surface area contributed by atoms with Gasteiger partial charge in [-0.3, -0.25) is 0 Å². The number of aliphatic hydroxyl groups is 1. The molecule has 1 heterocycles. The molecule has 0 aliphatic carbocycles. The van der Waals surface area contributed by atoms with Gasteiger partial charge in [0.2, 0.25) is 0 Å². The van der Waals surface area contributed by atoms with Gasteiger partial charge in [-0.25, -0.2) is 8.42 Å². The fraction of sp³-hybridized carbons (Fsp3) is 0.636. The van der Waals surface area contributed by atoms with Crippen molar-refractivity contribution in [1.82, 2.24) is 0 Å². The van der Waals surface area contributed by atoms with Crippen molar-refractivity contribution < 1.29 is 13.5 Å². The number of aryl methyl sites for hydroxylation is 1. The largest absolute Gasteiger partial charge is 0.391 e. The molecule has 5 heteroatoms. The molecule has 0 bridgehead atoms. The lowest BCUT2D eigenvalue weighted by Crippen LogP contribution is -2.32. The average molecular weight is 262 g/mol. The first-order chi connectivity index (χ1) is 7.34. The monoisotopic (exact) mass is 262 g/mol. The van der Waals surface area contributed by atoms with Gasteiger partial charge in [0.25, 0.3) is 0 Å². The zero-order valence-electron chi connectivity index (χ0n) is 9.80. The summed E-state index contributed by atoms with van der Waals surface area (Å²) in [4.78, 5) is 2.30. The Morgan fingerprint density at radius 3 is 2.38 bits per heavy atom. The lowest BCUT2D eigenvalue weighted by Gasteiger charge is -2.16. The summed E-state index contributed by atoms with van der Waals surface area (Å²) in [5.41, 5.74) is 0. The summed E-state index contributed by atoms with van der Waals surface area (Å²) >= 11 is 1.63. The van der Waals surface area contributed by atoms with E-state index in [1.165, 1.54) is 4.88 Å². The number of sulfone groups is 1. The molecule has 16 heavy (non-hydrogen) atoms. The molecule has 1 rings (SSSR count). The van der Waals surface area contributed by atoms with E-state index >= 15 is 0 Å². The normalized spacial score (nSPS) is 16.0. The summed E-state index contributed by atoms with van der Waals surface area (Å²) in [6.07, 6.45) is 1.73. The van der Waals surface area contributed by atoms with Gasteiger partial charge in [0.15, 0.2) is 9.84 Å². The second-order valence-electron chi connectivity index (χ2n) is 4.03. The zero-order chi connectivity index (χ0) is 12.3. The standard InChI is InChI=1S/C11H18O3S2/c1-4-9-5-6-10(15-9)7-11(12)8(2)16(3,13)14/h5-6,8,11-12H,4,7H2,1-3H3. The van der Waals surface area contributed by atoms with Gasteiger partial charge < -0.3 is 5.11 Å². The zero-order valence-corrected chi connectivity index (χ0v) is 11.4. The molecule has 0 saturated carbocycles. The highest BCUT2D eigenvalue weighted by Crippen LogP contribution is 2.20. The van der Waals surface area contributed by atoms with Gasteiger partial charge in [-0.2, -0.15) is 0 Å². The van der Waals surface area contributed by atoms with Crippen LogP contribution in [0.4, 0.5) is 0 Å². The van der Waals surface area contributed by atoms with Crippen LogP contribution in [0.1, 0.15) is 23.6 Å². The Bertz CT molecular complexity index is 434. The lowest BCUT2D eigenvalue weighted by atomic mass is 10.2. The Kier molecular flexibility index (Phi) is 4.52. The second kappa shape index (κ2) is 5.29. The van der Waals surface area contributed by atoms with E-state index in [1.54, 1.807) is 18.3 Å². The van der Waals surface area contributed by atoms with Crippen LogP contribution in [-0.4, -0.2) is 31.1 Å². The van der Waals surface area contributed by atoms with Crippen LogP contribution in [0.5, 0.6) is 0 Å². The van der Waals surface area contributed by atoms with Crippen LogP contribution in [0.25, 0.3) is 0 Å². The van der Waals surface area contributed by atoms with Gasteiger partial charge in [0.05, 0.1) is 11.4 Å². The highest BCUT2D eigenvalue weighted by Gasteiger charge is 2.24. The number of rotatable bonds is 5. The molecule has 1 N–H and O–H groups in total. The predicted molar refractivity (Wildman–Crippen MR) is 67.7 cm³/mol. The van der Waals surface area contributed by atoms with Crippen LogP contribution in [0.15, 0.2) is 12.1 Å². The molecule has 0 amide bonds. The summed E-state index contributed by atoms with van der Waals surface area (Å²) < 4.78 is 22.5. The highest BCUT2D eigenvalue weighted by molar-refractivity contribution is 7.91. The van der Waals surface area contributed by atoms with Crippen LogP contribution < -0.4 is 0 Å². The maximum absolute atomic E-state index is 11.3. The van der Waals surface area contributed by atoms with Crippen LogP contribution >= 0.6 is 11.3 Å². The minimum absolute atomic E-state index is 0.416. The molecule has 0 fully saturated rings. The molecular weight excluding hydrogens is 244 g/mol. The summed E-state index contributed by atoms with van der Waals surface area (Å²) in [6, 6.07) is 3.99. The quantitative estimate of drug-likeness (QED) is 0.878. The van der Waals surface area contributed by atoms with E-state index in [2.05, 4.69) is 6.92 Å². The summed E-state index contributed by atoms with van der Waals surface area (Å²) in [5, 5.41) is 9.11. The lowest BCUT2D eigenvalue weighted by molar-refractivity contribution is 0.174. The Hall–Kier alpha value is -0.390. The number of aliphatic hydroxyl groups excluding tert-OH is 1. The van der Waals surface area contributed by atoms with Crippen LogP contribution in [0.2, 0.25) is 0 Å². The minimum atomic E-state index is -3.17.